The number of nitrogens with one attached hydrogen (secondary N) is 1. The summed E-state index contributed by atoms with van der Waals surface area (Å²) < 4.78 is 1.63. The number of carbonyl (C=O) groups is 1. The van der Waals surface area contributed by atoms with Gasteiger partial charge in [0.25, 0.3) is 5.91 Å². The monoisotopic (exact) mass is 365 g/mol. The Morgan fingerprint density at radius 1 is 1.22 bits per heavy atom. The van der Waals surface area contributed by atoms with Gasteiger partial charge in [0.2, 0.25) is 0 Å². The highest BCUT2D eigenvalue weighted by Crippen LogP contribution is 2.19. The third-order valence-corrected chi connectivity index (χ3v) is 4.85. The second kappa shape index (κ2) is 6.94. The molecule has 0 bridgehead atoms. The van der Waals surface area contributed by atoms with Gasteiger partial charge in [-0.3, -0.25) is 4.79 Å². The lowest BCUT2D eigenvalue weighted by Gasteiger charge is -2.34. The summed E-state index contributed by atoms with van der Waals surface area (Å²) in [7, 11) is 0. The normalized spacial score (nSPS) is 17.3. The smallest absolute Gasteiger partial charge is 0.254 e. The Kier molecular flexibility index (Phi) is 4.47. The lowest BCUT2D eigenvalue weighted by molar-refractivity contribution is 0.0931. The fourth-order valence-corrected chi connectivity index (χ4v) is 3.59. The topological polar surface area (TPSA) is 88.3 Å². The van der Waals surface area contributed by atoms with Crippen LogP contribution in [0.15, 0.2) is 24.5 Å². The first-order valence-corrected chi connectivity index (χ1v) is 9.19. The Balaban J connectivity index is 1.49. The van der Waals surface area contributed by atoms with Crippen LogP contribution in [0.3, 0.4) is 0 Å². The summed E-state index contributed by atoms with van der Waals surface area (Å²) in [6, 6.07) is 3.88. The van der Waals surface area contributed by atoms with Crippen molar-refractivity contribution in [2.24, 2.45) is 0 Å². The average Bonchev–Trinajstić information content (AvgIpc) is 3.07. The average molecular weight is 365 g/mol. The summed E-state index contributed by atoms with van der Waals surface area (Å²) in [5.41, 5.74) is 2.95. The van der Waals surface area contributed by atoms with Crippen LogP contribution in [0, 0.1) is 20.8 Å². The van der Waals surface area contributed by atoms with Crippen LogP contribution in [0.2, 0.25) is 0 Å². The fourth-order valence-electron chi connectivity index (χ4n) is 3.59. The van der Waals surface area contributed by atoms with Crippen molar-refractivity contribution in [3.63, 3.8) is 0 Å². The number of amides is 1. The molecule has 1 fully saturated rings. The standard InChI is InChI=1S/C19H23N7O/c1-12-9-18(23-14(3)21-12)25-8-4-5-15(10-25)24-19(27)16-11-26-17(6-7-20-26)22-13(16)2/h6-7,9,11,15H,4-5,8,10H2,1-3H3,(H,24,27). The number of carbonyl (C=O) groups excluding carboxylic acids is 1. The van der Waals surface area contributed by atoms with Crippen LogP contribution in [0.25, 0.3) is 5.65 Å². The maximum Gasteiger partial charge on any atom is 0.254 e. The largest absolute Gasteiger partial charge is 0.354 e. The molecule has 0 saturated carbocycles. The summed E-state index contributed by atoms with van der Waals surface area (Å²) in [5.74, 6) is 1.58. The van der Waals surface area contributed by atoms with Gasteiger partial charge in [-0.25, -0.2) is 19.5 Å². The molecule has 1 aliphatic heterocycles. The van der Waals surface area contributed by atoms with Crippen molar-refractivity contribution < 1.29 is 4.79 Å². The second-order valence-corrected chi connectivity index (χ2v) is 7.05. The number of nitrogens with zero attached hydrogens (tertiary/aromatic N) is 6. The molecule has 1 unspecified atom stereocenters. The SMILES string of the molecule is Cc1cc(N2CCCC(NC(=O)c3cn4nccc4nc3C)C2)nc(C)n1. The third kappa shape index (κ3) is 3.60. The minimum Gasteiger partial charge on any atom is -0.354 e. The number of hydrogen-bond acceptors (Lipinski definition) is 6. The van der Waals surface area contributed by atoms with Gasteiger partial charge < -0.3 is 10.2 Å². The van der Waals surface area contributed by atoms with E-state index in [1.165, 1.54) is 0 Å². The Hall–Kier alpha value is -3.03. The van der Waals surface area contributed by atoms with Crippen molar-refractivity contribution in [2.75, 3.05) is 18.0 Å². The fraction of sp³-hybridized carbons (Fsp3) is 0.421. The molecule has 1 amide bonds. The van der Waals surface area contributed by atoms with E-state index in [0.29, 0.717) is 11.3 Å². The van der Waals surface area contributed by atoms with Crippen molar-refractivity contribution in [3.05, 3.63) is 47.3 Å². The van der Waals surface area contributed by atoms with E-state index in [-0.39, 0.29) is 11.9 Å². The van der Waals surface area contributed by atoms with E-state index in [0.717, 1.165) is 48.9 Å². The van der Waals surface area contributed by atoms with Crippen LogP contribution >= 0.6 is 0 Å². The molecule has 27 heavy (non-hydrogen) atoms. The molecule has 1 aliphatic rings. The van der Waals surface area contributed by atoms with E-state index in [1.807, 2.05) is 32.9 Å². The lowest BCUT2D eigenvalue weighted by Crippen LogP contribution is -2.48. The Labute approximate surface area is 157 Å². The number of aromatic nitrogens is 5. The van der Waals surface area contributed by atoms with Crippen molar-refractivity contribution in [3.8, 4) is 0 Å². The maximum absolute atomic E-state index is 12.8. The molecule has 140 valence electrons. The van der Waals surface area contributed by atoms with E-state index in [9.17, 15) is 4.79 Å². The molecule has 8 heteroatoms. The van der Waals surface area contributed by atoms with Gasteiger partial charge in [-0.2, -0.15) is 5.10 Å². The number of hydrogen-bond donors (Lipinski definition) is 1. The Morgan fingerprint density at radius 3 is 2.89 bits per heavy atom. The van der Waals surface area contributed by atoms with Crippen molar-refractivity contribution in [2.45, 2.75) is 39.7 Å². The highest BCUT2D eigenvalue weighted by Gasteiger charge is 2.24. The molecule has 3 aromatic heterocycles. The van der Waals surface area contributed by atoms with Gasteiger partial charge in [-0.15, -0.1) is 0 Å². The predicted octanol–water partition coefficient (Wildman–Crippen LogP) is 1.84. The molecule has 0 aromatic carbocycles. The summed E-state index contributed by atoms with van der Waals surface area (Å²) in [4.78, 5) is 28.4. The Bertz CT molecular complexity index is 977. The van der Waals surface area contributed by atoms with Crippen LogP contribution < -0.4 is 10.2 Å². The number of aryl methyl sites for hydroxylation is 3. The van der Waals surface area contributed by atoms with Gasteiger partial charge in [0.05, 0.1) is 17.5 Å². The zero-order valence-corrected chi connectivity index (χ0v) is 15.8. The van der Waals surface area contributed by atoms with Crippen molar-refractivity contribution in [1.82, 2.24) is 29.9 Å². The first kappa shape index (κ1) is 17.4. The number of piperidine rings is 1. The number of anilines is 1. The first-order valence-electron chi connectivity index (χ1n) is 9.19. The molecular weight excluding hydrogens is 342 g/mol. The lowest BCUT2D eigenvalue weighted by atomic mass is 10.0. The van der Waals surface area contributed by atoms with Gasteiger partial charge in [0, 0.05) is 43.2 Å². The first-order chi connectivity index (χ1) is 13.0. The summed E-state index contributed by atoms with van der Waals surface area (Å²) in [6.45, 7) is 7.39. The predicted molar refractivity (Wildman–Crippen MR) is 102 cm³/mol. The van der Waals surface area contributed by atoms with Crippen LogP contribution in [0.1, 0.15) is 40.4 Å². The quantitative estimate of drug-likeness (QED) is 0.762. The van der Waals surface area contributed by atoms with Gasteiger partial charge >= 0.3 is 0 Å². The summed E-state index contributed by atoms with van der Waals surface area (Å²) >= 11 is 0. The molecule has 1 saturated heterocycles. The third-order valence-electron chi connectivity index (χ3n) is 4.85. The van der Waals surface area contributed by atoms with Crippen LogP contribution in [-0.2, 0) is 0 Å². The number of fused-ring (bicyclic) bond motifs is 1. The van der Waals surface area contributed by atoms with Gasteiger partial charge in [-0.05, 0) is 33.6 Å². The zero-order chi connectivity index (χ0) is 19.0. The zero-order valence-electron chi connectivity index (χ0n) is 15.8. The molecule has 3 aromatic rings. The molecular formula is C19H23N7O. The van der Waals surface area contributed by atoms with Crippen LogP contribution in [0.4, 0.5) is 5.82 Å². The van der Waals surface area contributed by atoms with E-state index in [4.69, 9.17) is 0 Å². The van der Waals surface area contributed by atoms with Gasteiger partial charge in [0.1, 0.15) is 11.6 Å². The summed E-state index contributed by atoms with van der Waals surface area (Å²) in [6.07, 6.45) is 5.36. The van der Waals surface area contributed by atoms with Crippen LogP contribution in [-0.4, -0.2) is 49.6 Å². The second-order valence-electron chi connectivity index (χ2n) is 7.05. The van der Waals surface area contributed by atoms with Crippen molar-refractivity contribution in [1.29, 1.82) is 0 Å². The van der Waals surface area contributed by atoms with E-state index < -0.39 is 0 Å². The minimum absolute atomic E-state index is 0.0644. The van der Waals surface area contributed by atoms with E-state index >= 15 is 0 Å². The molecule has 4 heterocycles. The highest BCUT2D eigenvalue weighted by molar-refractivity contribution is 5.95. The van der Waals surface area contributed by atoms with Gasteiger partial charge in [-0.1, -0.05) is 0 Å². The van der Waals surface area contributed by atoms with E-state index in [2.05, 4.69) is 30.3 Å². The van der Waals surface area contributed by atoms with Gasteiger partial charge in [0.15, 0.2) is 5.65 Å². The minimum atomic E-state index is -0.112. The molecule has 0 spiro atoms. The maximum atomic E-state index is 12.8. The van der Waals surface area contributed by atoms with E-state index in [1.54, 1.807) is 16.9 Å². The molecule has 1 atom stereocenters. The molecule has 1 N–H and O–H groups in total. The number of rotatable bonds is 3. The highest BCUT2D eigenvalue weighted by atomic mass is 16.1. The molecule has 8 nitrogen and oxygen atoms in total. The molecule has 0 aliphatic carbocycles. The summed E-state index contributed by atoms with van der Waals surface area (Å²) in [5, 5.41) is 7.33. The molecule has 4 rings (SSSR count). The Morgan fingerprint density at radius 2 is 2.07 bits per heavy atom. The van der Waals surface area contributed by atoms with Crippen LogP contribution in [0.5, 0.6) is 0 Å². The molecule has 0 radical (unpaired) electrons. The van der Waals surface area contributed by atoms with Crippen molar-refractivity contribution >= 4 is 17.4 Å².